The van der Waals surface area contributed by atoms with Gasteiger partial charge in [0.15, 0.2) is 5.75 Å². The predicted molar refractivity (Wildman–Crippen MR) is 137 cm³/mol. The SMILES string of the molecule is N#Cc1cnc2cc(Oc3ccncc3)c(NC(=O)C=C3CCNCC3)cc2c1Nc1ccccn1. The highest BCUT2D eigenvalue weighted by Gasteiger charge is 2.17. The molecule has 0 aliphatic carbocycles. The van der Waals surface area contributed by atoms with E-state index in [2.05, 4.69) is 37.0 Å². The molecule has 0 saturated carbocycles. The number of nitriles is 1. The summed E-state index contributed by atoms with van der Waals surface area (Å²) >= 11 is 0. The number of hydrogen-bond donors (Lipinski definition) is 3. The van der Waals surface area contributed by atoms with Gasteiger partial charge in [0.25, 0.3) is 0 Å². The van der Waals surface area contributed by atoms with Gasteiger partial charge in [0.2, 0.25) is 5.91 Å². The zero-order valence-electron chi connectivity index (χ0n) is 19.4. The molecule has 1 aromatic carbocycles. The van der Waals surface area contributed by atoms with Crippen molar-refractivity contribution in [2.75, 3.05) is 23.7 Å². The fourth-order valence-electron chi connectivity index (χ4n) is 3.97. The van der Waals surface area contributed by atoms with E-state index in [0.29, 0.717) is 45.2 Å². The minimum atomic E-state index is -0.241. The number of aromatic nitrogens is 3. The number of piperidine rings is 1. The lowest BCUT2D eigenvalue weighted by Crippen LogP contribution is -2.24. The van der Waals surface area contributed by atoms with Gasteiger partial charge >= 0.3 is 0 Å². The fourth-order valence-corrected chi connectivity index (χ4v) is 3.97. The first-order chi connectivity index (χ1) is 17.7. The van der Waals surface area contributed by atoms with Gasteiger partial charge in [0.1, 0.15) is 17.6 Å². The van der Waals surface area contributed by atoms with Crippen LogP contribution in [0.1, 0.15) is 18.4 Å². The number of amides is 1. The van der Waals surface area contributed by atoms with Crippen molar-refractivity contribution in [1.29, 1.82) is 5.26 Å². The van der Waals surface area contributed by atoms with Gasteiger partial charge in [-0.05, 0) is 56.3 Å². The summed E-state index contributed by atoms with van der Waals surface area (Å²) in [5, 5.41) is 19.9. The number of nitrogens with one attached hydrogen (secondary N) is 3. The molecule has 4 heterocycles. The molecule has 1 saturated heterocycles. The Balaban J connectivity index is 1.58. The highest BCUT2D eigenvalue weighted by Crippen LogP contribution is 2.37. The monoisotopic (exact) mass is 477 g/mol. The summed E-state index contributed by atoms with van der Waals surface area (Å²) in [4.78, 5) is 25.8. The Morgan fingerprint density at radius 2 is 1.92 bits per heavy atom. The van der Waals surface area contributed by atoms with Gasteiger partial charge < -0.3 is 20.7 Å². The zero-order valence-corrected chi connectivity index (χ0v) is 19.4. The Kier molecular flexibility index (Phi) is 6.78. The first-order valence-electron chi connectivity index (χ1n) is 11.5. The summed E-state index contributed by atoms with van der Waals surface area (Å²) in [6.07, 6.45) is 9.74. The average molecular weight is 478 g/mol. The highest BCUT2D eigenvalue weighted by atomic mass is 16.5. The molecule has 3 N–H and O–H groups in total. The number of rotatable bonds is 6. The normalized spacial score (nSPS) is 13.0. The van der Waals surface area contributed by atoms with Crippen LogP contribution < -0.4 is 20.7 Å². The number of ether oxygens (including phenoxy) is 1. The Labute approximate surface area is 207 Å². The molecule has 0 spiro atoms. The molecule has 9 heteroatoms. The molecule has 9 nitrogen and oxygen atoms in total. The number of carbonyl (C=O) groups excluding carboxylic acids is 1. The Morgan fingerprint density at radius 3 is 2.67 bits per heavy atom. The molecule has 1 fully saturated rings. The minimum Gasteiger partial charge on any atom is -0.455 e. The van der Waals surface area contributed by atoms with Gasteiger partial charge in [-0.15, -0.1) is 0 Å². The van der Waals surface area contributed by atoms with Crippen LogP contribution in [0.4, 0.5) is 17.2 Å². The zero-order chi connectivity index (χ0) is 24.7. The Morgan fingerprint density at radius 1 is 1.08 bits per heavy atom. The Hall–Kier alpha value is -4.81. The van der Waals surface area contributed by atoms with Crippen molar-refractivity contribution in [2.45, 2.75) is 12.8 Å². The van der Waals surface area contributed by atoms with Gasteiger partial charge in [-0.1, -0.05) is 11.6 Å². The fraction of sp³-hybridized carbons (Fsp3) is 0.148. The maximum absolute atomic E-state index is 13.0. The number of pyridine rings is 3. The third-order valence-corrected chi connectivity index (χ3v) is 5.72. The van der Waals surface area contributed by atoms with Crippen LogP contribution in [0.5, 0.6) is 11.5 Å². The Bertz CT molecular complexity index is 1460. The summed E-state index contributed by atoms with van der Waals surface area (Å²) in [7, 11) is 0. The van der Waals surface area contributed by atoms with Gasteiger partial charge in [-0.25, -0.2) is 4.98 Å². The minimum absolute atomic E-state index is 0.241. The molecular weight excluding hydrogens is 454 g/mol. The van der Waals surface area contributed by atoms with E-state index in [1.165, 1.54) is 6.20 Å². The first kappa shape index (κ1) is 23.0. The van der Waals surface area contributed by atoms with Crippen molar-refractivity contribution in [3.63, 3.8) is 0 Å². The number of anilines is 3. The third-order valence-electron chi connectivity index (χ3n) is 5.72. The van der Waals surface area contributed by atoms with Crippen LogP contribution in [0.3, 0.4) is 0 Å². The molecule has 36 heavy (non-hydrogen) atoms. The molecule has 0 bridgehead atoms. The van der Waals surface area contributed by atoms with Crippen molar-refractivity contribution >= 4 is 34.0 Å². The molecule has 5 rings (SSSR count). The summed E-state index contributed by atoms with van der Waals surface area (Å²) in [5.41, 5.74) is 3.03. The van der Waals surface area contributed by atoms with Crippen LogP contribution in [-0.2, 0) is 4.79 Å². The molecule has 0 atom stereocenters. The predicted octanol–water partition coefficient (Wildman–Crippen LogP) is 4.68. The largest absolute Gasteiger partial charge is 0.455 e. The molecular formula is C27H23N7O2. The number of hydrogen-bond acceptors (Lipinski definition) is 8. The van der Waals surface area contributed by atoms with Gasteiger partial charge in [0.05, 0.1) is 22.5 Å². The van der Waals surface area contributed by atoms with Crippen LogP contribution in [0, 0.1) is 11.3 Å². The van der Waals surface area contributed by atoms with Crippen LogP contribution >= 0.6 is 0 Å². The van der Waals surface area contributed by atoms with E-state index in [-0.39, 0.29) is 5.91 Å². The second kappa shape index (κ2) is 10.6. The van der Waals surface area contributed by atoms with Crippen LogP contribution in [0.2, 0.25) is 0 Å². The second-order valence-electron chi connectivity index (χ2n) is 8.19. The smallest absolute Gasteiger partial charge is 0.248 e. The molecule has 1 aliphatic rings. The quantitative estimate of drug-likeness (QED) is 0.342. The topological polar surface area (TPSA) is 125 Å². The molecule has 0 unspecified atom stereocenters. The summed E-state index contributed by atoms with van der Waals surface area (Å²) in [6, 6.07) is 14.6. The molecule has 178 valence electrons. The summed E-state index contributed by atoms with van der Waals surface area (Å²) in [5.74, 6) is 1.33. The lowest BCUT2D eigenvalue weighted by atomic mass is 10.1. The molecule has 1 aliphatic heterocycles. The van der Waals surface area contributed by atoms with Crippen LogP contribution in [0.25, 0.3) is 10.9 Å². The van der Waals surface area contributed by atoms with E-state index < -0.39 is 0 Å². The van der Waals surface area contributed by atoms with Crippen molar-refractivity contribution in [1.82, 2.24) is 20.3 Å². The van der Waals surface area contributed by atoms with Crippen LogP contribution in [0.15, 0.2) is 78.9 Å². The maximum Gasteiger partial charge on any atom is 0.248 e. The van der Waals surface area contributed by atoms with E-state index in [1.54, 1.807) is 48.9 Å². The molecule has 0 radical (unpaired) electrons. The van der Waals surface area contributed by atoms with Crippen LogP contribution in [-0.4, -0.2) is 33.9 Å². The van der Waals surface area contributed by atoms with Gasteiger partial charge in [-0.2, -0.15) is 5.26 Å². The van der Waals surface area contributed by atoms with Crippen molar-refractivity contribution < 1.29 is 9.53 Å². The van der Waals surface area contributed by atoms with E-state index in [9.17, 15) is 10.1 Å². The second-order valence-corrected chi connectivity index (χ2v) is 8.19. The van der Waals surface area contributed by atoms with Gasteiger partial charge in [-0.3, -0.25) is 14.8 Å². The molecule has 3 aromatic heterocycles. The average Bonchev–Trinajstić information content (AvgIpc) is 2.91. The first-order valence-corrected chi connectivity index (χ1v) is 11.5. The van der Waals surface area contributed by atoms with Crippen molar-refractivity contribution in [3.8, 4) is 17.6 Å². The summed E-state index contributed by atoms with van der Waals surface area (Å²) < 4.78 is 6.10. The number of carbonyl (C=O) groups is 1. The standard InChI is InChI=1S/C27H23N7O2/c28-16-19-17-32-22-15-24(36-20-6-11-30-12-7-20)23(33-26(35)13-18-4-9-29-10-5-18)14-21(22)27(19)34-25-3-1-2-8-31-25/h1-3,6-8,11-15,17,29H,4-5,9-10H2,(H,33,35)(H,31,32,34). The van der Waals surface area contributed by atoms with Crippen molar-refractivity contribution in [2.24, 2.45) is 0 Å². The molecule has 1 amide bonds. The lowest BCUT2D eigenvalue weighted by molar-refractivity contribution is -0.112. The number of benzene rings is 1. The van der Waals surface area contributed by atoms with E-state index in [4.69, 9.17) is 4.74 Å². The van der Waals surface area contributed by atoms with Gasteiger partial charge in [0, 0.05) is 42.3 Å². The van der Waals surface area contributed by atoms with E-state index >= 15 is 0 Å². The highest BCUT2D eigenvalue weighted by molar-refractivity contribution is 6.05. The number of fused-ring (bicyclic) bond motifs is 1. The maximum atomic E-state index is 13.0. The van der Waals surface area contributed by atoms with Crippen molar-refractivity contribution in [3.05, 3.63) is 84.5 Å². The third kappa shape index (κ3) is 5.29. The van der Waals surface area contributed by atoms with E-state index in [0.717, 1.165) is 31.5 Å². The lowest BCUT2D eigenvalue weighted by Gasteiger charge is -2.17. The van der Waals surface area contributed by atoms with E-state index in [1.807, 2.05) is 18.2 Å². The molecule has 4 aromatic rings. The summed E-state index contributed by atoms with van der Waals surface area (Å²) in [6.45, 7) is 1.72. The number of nitrogens with zero attached hydrogens (tertiary/aromatic N) is 4.